The van der Waals surface area contributed by atoms with Crippen molar-refractivity contribution < 1.29 is 0 Å². The average molecular weight is 431 g/mol. The second kappa shape index (κ2) is 7.80. The minimum atomic E-state index is 0.453. The molecule has 0 aliphatic rings. The number of hydrogen-bond acceptors (Lipinski definition) is 4. The molecule has 4 rings (SSSR count). The molecule has 2 heterocycles. The average Bonchev–Trinajstić information content (AvgIpc) is 3.07. The van der Waals surface area contributed by atoms with Gasteiger partial charge in [0.05, 0.1) is 27.1 Å². The number of hydrogen-bond donors (Lipinski definition) is 1. The monoisotopic (exact) mass is 429 g/mol. The second-order valence-corrected chi connectivity index (χ2v) is 7.32. The van der Waals surface area contributed by atoms with E-state index in [4.69, 9.17) is 34.8 Å². The molecule has 1 N–H and O–H groups in total. The van der Waals surface area contributed by atoms with Crippen molar-refractivity contribution in [2.24, 2.45) is 0 Å². The van der Waals surface area contributed by atoms with Crippen LogP contribution in [0.3, 0.4) is 0 Å². The summed E-state index contributed by atoms with van der Waals surface area (Å²) >= 11 is 18.0. The van der Waals surface area contributed by atoms with Crippen LogP contribution in [0.5, 0.6) is 0 Å². The summed E-state index contributed by atoms with van der Waals surface area (Å²) in [6.07, 6.45) is 3.63. The zero-order valence-electron chi connectivity index (χ0n) is 14.7. The third-order valence-electron chi connectivity index (χ3n) is 4.10. The molecule has 0 unspecified atom stereocenters. The van der Waals surface area contributed by atoms with Gasteiger partial charge in [-0.3, -0.25) is 0 Å². The van der Waals surface area contributed by atoms with E-state index in [0.717, 1.165) is 28.3 Å². The predicted molar refractivity (Wildman–Crippen MR) is 114 cm³/mol. The van der Waals surface area contributed by atoms with Crippen LogP contribution in [-0.2, 0) is 0 Å². The fourth-order valence-corrected chi connectivity index (χ4v) is 3.13. The van der Waals surface area contributed by atoms with Gasteiger partial charge in [0.25, 0.3) is 0 Å². The molecule has 140 valence electrons. The standard InChI is InChI=1S/C20H14Cl3N5/c1-12-16(11-28(27-12)15-5-2-13(21)3-6-15)19-8-9-24-20(26-19)25-14-4-7-17(22)18(23)10-14/h2-11H,1H3,(H,24,25,26). The van der Waals surface area contributed by atoms with Crippen molar-refractivity contribution in [3.05, 3.63) is 81.7 Å². The Labute approximate surface area is 176 Å². The summed E-state index contributed by atoms with van der Waals surface area (Å²) in [5.41, 5.74) is 4.20. The van der Waals surface area contributed by atoms with Crippen LogP contribution < -0.4 is 5.32 Å². The minimum absolute atomic E-state index is 0.453. The van der Waals surface area contributed by atoms with Gasteiger partial charge in [0.15, 0.2) is 0 Å². The van der Waals surface area contributed by atoms with E-state index in [-0.39, 0.29) is 0 Å². The molecule has 0 aliphatic heterocycles. The second-order valence-electron chi connectivity index (χ2n) is 6.07. The highest BCUT2D eigenvalue weighted by molar-refractivity contribution is 6.42. The normalized spacial score (nSPS) is 10.9. The van der Waals surface area contributed by atoms with Crippen LogP contribution in [-0.4, -0.2) is 19.7 Å². The van der Waals surface area contributed by atoms with Crippen LogP contribution in [0.2, 0.25) is 15.1 Å². The molecule has 0 bridgehead atoms. The van der Waals surface area contributed by atoms with Crippen molar-refractivity contribution in [3.63, 3.8) is 0 Å². The van der Waals surface area contributed by atoms with Crippen molar-refractivity contribution in [1.29, 1.82) is 0 Å². The highest BCUT2D eigenvalue weighted by Gasteiger charge is 2.11. The number of anilines is 2. The summed E-state index contributed by atoms with van der Waals surface area (Å²) in [6.45, 7) is 1.94. The van der Waals surface area contributed by atoms with Gasteiger partial charge in [-0.05, 0) is 55.5 Å². The van der Waals surface area contributed by atoms with E-state index in [1.807, 2.05) is 49.5 Å². The maximum absolute atomic E-state index is 6.07. The van der Waals surface area contributed by atoms with Crippen molar-refractivity contribution in [2.45, 2.75) is 6.92 Å². The third-order valence-corrected chi connectivity index (χ3v) is 5.09. The molecule has 28 heavy (non-hydrogen) atoms. The lowest BCUT2D eigenvalue weighted by Crippen LogP contribution is -1.98. The summed E-state index contributed by atoms with van der Waals surface area (Å²) in [4.78, 5) is 8.88. The Morgan fingerprint density at radius 3 is 2.46 bits per heavy atom. The van der Waals surface area contributed by atoms with E-state index in [1.54, 1.807) is 23.0 Å². The quantitative estimate of drug-likeness (QED) is 0.410. The first-order valence-corrected chi connectivity index (χ1v) is 9.51. The van der Waals surface area contributed by atoms with Gasteiger partial charge < -0.3 is 5.32 Å². The van der Waals surface area contributed by atoms with Gasteiger partial charge in [-0.15, -0.1) is 0 Å². The Balaban J connectivity index is 1.64. The molecule has 0 saturated carbocycles. The zero-order chi connectivity index (χ0) is 19.7. The molecular formula is C20H14Cl3N5. The van der Waals surface area contributed by atoms with E-state index in [9.17, 15) is 0 Å². The molecule has 5 nitrogen and oxygen atoms in total. The van der Waals surface area contributed by atoms with Gasteiger partial charge in [0.2, 0.25) is 5.95 Å². The van der Waals surface area contributed by atoms with Crippen molar-refractivity contribution in [2.75, 3.05) is 5.32 Å². The molecule has 2 aromatic heterocycles. The molecule has 2 aromatic carbocycles. The molecule has 0 saturated heterocycles. The first-order valence-electron chi connectivity index (χ1n) is 8.37. The minimum Gasteiger partial charge on any atom is -0.324 e. The Bertz CT molecular complexity index is 1140. The van der Waals surface area contributed by atoms with E-state index >= 15 is 0 Å². The van der Waals surface area contributed by atoms with E-state index in [0.29, 0.717) is 21.0 Å². The SMILES string of the molecule is Cc1nn(-c2ccc(Cl)cc2)cc1-c1ccnc(Nc2ccc(Cl)c(Cl)c2)n1. The van der Waals surface area contributed by atoms with Crippen LogP contribution >= 0.6 is 34.8 Å². The lowest BCUT2D eigenvalue weighted by atomic mass is 10.2. The first kappa shape index (κ1) is 18.7. The lowest BCUT2D eigenvalue weighted by Gasteiger charge is -2.07. The Kier molecular flexibility index (Phi) is 5.22. The number of aromatic nitrogens is 4. The largest absolute Gasteiger partial charge is 0.324 e. The molecule has 8 heteroatoms. The molecule has 0 atom stereocenters. The molecule has 0 aliphatic carbocycles. The molecule has 4 aromatic rings. The number of nitrogens with one attached hydrogen (secondary N) is 1. The fraction of sp³-hybridized carbons (Fsp3) is 0.0500. The van der Waals surface area contributed by atoms with Crippen LogP contribution in [0.25, 0.3) is 16.9 Å². The lowest BCUT2D eigenvalue weighted by molar-refractivity contribution is 0.863. The van der Waals surface area contributed by atoms with E-state index in [2.05, 4.69) is 20.4 Å². The predicted octanol–water partition coefficient (Wildman–Crippen LogP) is 6.34. The van der Waals surface area contributed by atoms with Crippen molar-refractivity contribution in [3.8, 4) is 16.9 Å². The first-order chi connectivity index (χ1) is 13.5. The number of aryl methyl sites for hydroxylation is 1. The Morgan fingerprint density at radius 2 is 1.71 bits per heavy atom. The van der Waals surface area contributed by atoms with E-state index < -0.39 is 0 Å². The molecule has 0 fully saturated rings. The van der Waals surface area contributed by atoms with Crippen LogP contribution in [0.4, 0.5) is 11.6 Å². The number of nitrogens with zero attached hydrogens (tertiary/aromatic N) is 4. The summed E-state index contributed by atoms with van der Waals surface area (Å²) in [7, 11) is 0. The number of benzene rings is 2. The van der Waals surface area contributed by atoms with Gasteiger partial charge in [-0.2, -0.15) is 5.10 Å². The third kappa shape index (κ3) is 3.97. The summed E-state index contributed by atoms with van der Waals surface area (Å²) in [6, 6.07) is 14.6. The maximum Gasteiger partial charge on any atom is 0.227 e. The molecule has 0 radical (unpaired) electrons. The zero-order valence-corrected chi connectivity index (χ0v) is 17.0. The van der Waals surface area contributed by atoms with Gasteiger partial charge in [-0.1, -0.05) is 34.8 Å². The smallest absolute Gasteiger partial charge is 0.227 e. The van der Waals surface area contributed by atoms with Gasteiger partial charge in [0.1, 0.15) is 0 Å². The number of halogens is 3. The van der Waals surface area contributed by atoms with Crippen LogP contribution in [0.15, 0.2) is 60.9 Å². The summed E-state index contributed by atoms with van der Waals surface area (Å²) in [5, 5.41) is 9.36. The van der Waals surface area contributed by atoms with Gasteiger partial charge in [-0.25, -0.2) is 14.6 Å². The van der Waals surface area contributed by atoms with Crippen molar-refractivity contribution in [1.82, 2.24) is 19.7 Å². The van der Waals surface area contributed by atoms with Crippen LogP contribution in [0, 0.1) is 6.92 Å². The Hall–Kier alpha value is -2.60. The molecule has 0 spiro atoms. The topological polar surface area (TPSA) is 55.6 Å². The summed E-state index contributed by atoms with van der Waals surface area (Å²) in [5.74, 6) is 0.453. The van der Waals surface area contributed by atoms with Gasteiger partial charge >= 0.3 is 0 Å². The highest BCUT2D eigenvalue weighted by Crippen LogP contribution is 2.27. The highest BCUT2D eigenvalue weighted by atomic mass is 35.5. The number of rotatable bonds is 4. The Morgan fingerprint density at radius 1 is 0.929 bits per heavy atom. The van der Waals surface area contributed by atoms with Gasteiger partial charge in [0, 0.05) is 28.7 Å². The van der Waals surface area contributed by atoms with Crippen LogP contribution in [0.1, 0.15) is 5.69 Å². The summed E-state index contributed by atoms with van der Waals surface area (Å²) < 4.78 is 1.80. The van der Waals surface area contributed by atoms with E-state index in [1.165, 1.54) is 0 Å². The maximum atomic E-state index is 6.07. The fourth-order valence-electron chi connectivity index (χ4n) is 2.71. The van der Waals surface area contributed by atoms with Crippen molar-refractivity contribution >= 4 is 46.4 Å². The molecule has 0 amide bonds. The molecular weight excluding hydrogens is 417 g/mol.